The van der Waals surface area contributed by atoms with E-state index in [1.165, 1.54) is 18.2 Å². The maximum absolute atomic E-state index is 12.9. The molecule has 2 aromatic rings. The molecule has 0 radical (unpaired) electrons. The summed E-state index contributed by atoms with van der Waals surface area (Å²) in [6.07, 6.45) is 1.02. The lowest BCUT2D eigenvalue weighted by Crippen LogP contribution is -2.39. The number of carbonyl (C=O) groups excluding carboxylic acids is 1. The molecule has 1 unspecified atom stereocenters. The molecule has 0 aliphatic rings. The Morgan fingerprint density at radius 3 is 2.27 bits per heavy atom. The number of aliphatic carboxylic acids is 1. The molecule has 0 aliphatic heterocycles. The van der Waals surface area contributed by atoms with E-state index in [0.717, 1.165) is 17.5 Å². The van der Waals surface area contributed by atoms with E-state index in [9.17, 15) is 27.5 Å². The van der Waals surface area contributed by atoms with E-state index in [2.05, 4.69) is 0 Å². The van der Waals surface area contributed by atoms with Crippen molar-refractivity contribution in [2.45, 2.75) is 6.42 Å². The monoisotopic (exact) mass is 377 g/mol. The summed E-state index contributed by atoms with van der Waals surface area (Å²) in [5.74, 6) is -4.77. The molecule has 26 heavy (non-hydrogen) atoms. The van der Waals surface area contributed by atoms with Gasteiger partial charge in [0.1, 0.15) is 11.7 Å². The lowest BCUT2D eigenvalue weighted by Gasteiger charge is -2.12. The third-order valence-corrected chi connectivity index (χ3v) is 4.43. The average molecular weight is 377 g/mol. The Balaban J connectivity index is 2.09. The number of halogens is 1. The van der Waals surface area contributed by atoms with Crippen LogP contribution in [0.25, 0.3) is 6.08 Å². The molecule has 8 heteroatoms. The van der Waals surface area contributed by atoms with Crippen LogP contribution < -0.4 is 4.72 Å². The van der Waals surface area contributed by atoms with Crippen LogP contribution in [0, 0.1) is 11.7 Å². The molecule has 2 N–H and O–H groups in total. The molecule has 2 aromatic carbocycles. The van der Waals surface area contributed by atoms with E-state index in [0.29, 0.717) is 11.1 Å². The number of rotatable bonds is 7. The van der Waals surface area contributed by atoms with Gasteiger partial charge in [-0.1, -0.05) is 42.5 Å². The highest BCUT2D eigenvalue weighted by atomic mass is 32.2. The van der Waals surface area contributed by atoms with Gasteiger partial charge in [0, 0.05) is 0 Å². The highest BCUT2D eigenvalue weighted by molar-refractivity contribution is 7.93. The topological polar surface area (TPSA) is 101 Å². The number of benzene rings is 2. The lowest BCUT2D eigenvalue weighted by molar-refractivity contribution is -0.146. The number of hydrogen-bond acceptors (Lipinski definition) is 4. The summed E-state index contributed by atoms with van der Waals surface area (Å²) in [4.78, 5) is 23.4. The Hall–Kier alpha value is -3.00. The molecule has 2 rings (SSSR count). The van der Waals surface area contributed by atoms with Gasteiger partial charge in [-0.3, -0.25) is 9.59 Å². The summed E-state index contributed by atoms with van der Waals surface area (Å²) in [5, 5.41) is 10.0. The third-order valence-electron chi connectivity index (χ3n) is 3.45. The van der Waals surface area contributed by atoms with Gasteiger partial charge in [-0.25, -0.2) is 17.5 Å². The Morgan fingerprint density at radius 2 is 1.69 bits per heavy atom. The van der Waals surface area contributed by atoms with Crippen LogP contribution in [0.4, 0.5) is 4.39 Å². The largest absolute Gasteiger partial charge is 0.481 e. The minimum atomic E-state index is -4.16. The molecule has 0 fully saturated rings. The Kier molecular flexibility index (Phi) is 6.24. The van der Waals surface area contributed by atoms with Crippen LogP contribution in [-0.2, 0) is 26.0 Å². The summed E-state index contributed by atoms with van der Waals surface area (Å²) in [5.41, 5.74) is 0.998. The second-order valence-electron chi connectivity index (χ2n) is 5.45. The van der Waals surface area contributed by atoms with Crippen LogP contribution >= 0.6 is 0 Å². The molecule has 0 saturated carbocycles. The van der Waals surface area contributed by atoms with Crippen LogP contribution in [0.2, 0.25) is 0 Å². The average Bonchev–Trinajstić information content (AvgIpc) is 2.59. The minimum absolute atomic E-state index is 0.265. The van der Waals surface area contributed by atoms with Crippen molar-refractivity contribution in [2.75, 3.05) is 0 Å². The van der Waals surface area contributed by atoms with Crippen molar-refractivity contribution in [2.24, 2.45) is 5.92 Å². The van der Waals surface area contributed by atoms with Gasteiger partial charge in [0.05, 0.1) is 5.41 Å². The molecule has 0 spiro atoms. The minimum Gasteiger partial charge on any atom is -0.481 e. The lowest BCUT2D eigenvalue weighted by atomic mass is 9.99. The van der Waals surface area contributed by atoms with Crippen molar-refractivity contribution >= 4 is 28.0 Å². The van der Waals surface area contributed by atoms with Crippen molar-refractivity contribution in [1.29, 1.82) is 0 Å². The predicted octanol–water partition coefficient (Wildman–Crippen LogP) is 2.19. The molecule has 0 saturated heterocycles. The highest BCUT2D eigenvalue weighted by Crippen LogP contribution is 2.12. The molecule has 136 valence electrons. The van der Waals surface area contributed by atoms with Crippen LogP contribution in [0.1, 0.15) is 11.1 Å². The van der Waals surface area contributed by atoms with Gasteiger partial charge in [-0.05, 0) is 35.8 Å². The molecular weight excluding hydrogens is 361 g/mol. The zero-order valence-corrected chi connectivity index (χ0v) is 14.3. The Labute approximate surface area is 150 Å². The first-order valence-corrected chi connectivity index (χ1v) is 9.08. The number of carboxylic acids is 1. The summed E-state index contributed by atoms with van der Waals surface area (Å²) in [7, 11) is -4.16. The van der Waals surface area contributed by atoms with Crippen LogP contribution in [-0.4, -0.2) is 25.4 Å². The molecule has 1 amide bonds. The second-order valence-corrected chi connectivity index (χ2v) is 7.01. The van der Waals surface area contributed by atoms with Crippen molar-refractivity contribution < 1.29 is 27.5 Å². The first kappa shape index (κ1) is 19.3. The van der Waals surface area contributed by atoms with Gasteiger partial charge in [0.2, 0.25) is 5.91 Å². The SMILES string of the molecule is O=C(O)C(Cc1ccc(F)cc1)C(=O)NS(=O)(=O)/C=C/c1ccccc1. The number of carbonyl (C=O) groups is 2. The van der Waals surface area contributed by atoms with Gasteiger partial charge in [-0.15, -0.1) is 0 Å². The van der Waals surface area contributed by atoms with Crippen molar-refractivity contribution in [3.8, 4) is 0 Å². The number of hydrogen-bond donors (Lipinski definition) is 2. The maximum Gasteiger partial charge on any atom is 0.316 e. The summed E-state index contributed by atoms with van der Waals surface area (Å²) in [6.45, 7) is 0. The van der Waals surface area contributed by atoms with Gasteiger partial charge < -0.3 is 5.11 Å². The van der Waals surface area contributed by atoms with E-state index < -0.39 is 33.6 Å². The summed E-state index contributed by atoms with van der Waals surface area (Å²) in [6, 6.07) is 13.5. The van der Waals surface area contributed by atoms with E-state index in [4.69, 9.17) is 0 Å². The third kappa shape index (κ3) is 5.82. The van der Waals surface area contributed by atoms with Crippen molar-refractivity contribution in [1.82, 2.24) is 4.72 Å². The zero-order chi connectivity index (χ0) is 19.2. The Bertz CT molecular complexity index is 908. The first-order valence-electron chi connectivity index (χ1n) is 7.54. The number of nitrogens with one attached hydrogen (secondary N) is 1. The zero-order valence-electron chi connectivity index (χ0n) is 13.5. The van der Waals surface area contributed by atoms with Crippen LogP contribution in [0.3, 0.4) is 0 Å². The van der Waals surface area contributed by atoms with E-state index in [1.807, 2.05) is 0 Å². The van der Waals surface area contributed by atoms with Gasteiger partial charge in [0.25, 0.3) is 10.0 Å². The number of carboxylic acid groups (broad SMARTS) is 1. The fourth-order valence-corrected chi connectivity index (χ4v) is 2.95. The van der Waals surface area contributed by atoms with Crippen LogP contribution in [0.5, 0.6) is 0 Å². The first-order chi connectivity index (χ1) is 12.3. The fraction of sp³-hybridized carbons (Fsp3) is 0.111. The molecule has 0 heterocycles. The van der Waals surface area contributed by atoms with Crippen LogP contribution in [0.15, 0.2) is 60.0 Å². The molecule has 0 aliphatic carbocycles. The fourth-order valence-electron chi connectivity index (χ4n) is 2.13. The van der Waals surface area contributed by atoms with E-state index in [-0.39, 0.29) is 6.42 Å². The summed E-state index contributed by atoms with van der Waals surface area (Å²) < 4.78 is 38.6. The molecular formula is C18H16FNO5S. The van der Waals surface area contributed by atoms with Gasteiger partial charge in [-0.2, -0.15) is 0 Å². The maximum atomic E-state index is 12.9. The normalized spacial score (nSPS) is 12.7. The van der Waals surface area contributed by atoms with Crippen molar-refractivity contribution in [3.05, 3.63) is 76.9 Å². The van der Waals surface area contributed by atoms with E-state index >= 15 is 0 Å². The molecule has 0 bridgehead atoms. The highest BCUT2D eigenvalue weighted by Gasteiger charge is 2.29. The van der Waals surface area contributed by atoms with Crippen molar-refractivity contribution in [3.63, 3.8) is 0 Å². The second kappa shape index (κ2) is 8.39. The molecule has 1 atom stereocenters. The molecule has 6 nitrogen and oxygen atoms in total. The Morgan fingerprint density at radius 1 is 1.08 bits per heavy atom. The van der Waals surface area contributed by atoms with E-state index in [1.54, 1.807) is 35.1 Å². The van der Waals surface area contributed by atoms with Gasteiger partial charge >= 0.3 is 5.97 Å². The smallest absolute Gasteiger partial charge is 0.316 e. The number of sulfonamides is 1. The predicted molar refractivity (Wildman–Crippen MR) is 93.8 cm³/mol. The van der Waals surface area contributed by atoms with Gasteiger partial charge in [0.15, 0.2) is 0 Å². The quantitative estimate of drug-likeness (QED) is 0.721. The number of amides is 1. The standard InChI is InChI=1S/C18H16FNO5S/c19-15-8-6-14(7-9-15)12-16(18(22)23)17(21)20-26(24,25)11-10-13-4-2-1-3-5-13/h1-11,16H,12H2,(H,20,21)(H,22,23)/b11-10+. The molecule has 0 aromatic heterocycles. The summed E-state index contributed by atoms with van der Waals surface area (Å²) >= 11 is 0.